The third-order valence-electron chi connectivity index (χ3n) is 3.34. The molecule has 0 fully saturated rings. The van der Waals surface area contributed by atoms with Gasteiger partial charge in [0.05, 0.1) is 6.04 Å². The van der Waals surface area contributed by atoms with Crippen molar-refractivity contribution in [3.8, 4) is 11.5 Å². The van der Waals surface area contributed by atoms with Crippen molar-refractivity contribution < 1.29 is 24.5 Å². The van der Waals surface area contributed by atoms with Crippen molar-refractivity contribution in [1.82, 2.24) is 5.32 Å². The molecular formula is C17H15Cl2NO5. The van der Waals surface area contributed by atoms with Gasteiger partial charge in [0.1, 0.15) is 17.1 Å². The molecule has 0 aliphatic rings. The molecule has 132 valence electrons. The second kappa shape index (κ2) is 8.09. The van der Waals surface area contributed by atoms with E-state index in [2.05, 4.69) is 5.32 Å². The van der Waals surface area contributed by atoms with Crippen LogP contribution in [-0.2, 0) is 9.53 Å². The lowest BCUT2D eigenvalue weighted by Gasteiger charge is -2.16. The molecular weight excluding hydrogens is 369 g/mol. The van der Waals surface area contributed by atoms with E-state index in [0.29, 0.717) is 15.6 Å². The summed E-state index contributed by atoms with van der Waals surface area (Å²) in [6.07, 6.45) is 0. The fourth-order valence-electron chi connectivity index (χ4n) is 2.12. The van der Waals surface area contributed by atoms with Gasteiger partial charge in [0.15, 0.2) is 6.61 Å². The van der Waals surface area contributed by atoms with Gasteiger partial charge in [-0.15, -0.1) is 0 Å². The molecule has 0 aliphatic carbocycles. The van der Waals surface area contributed by atoms with Gasteiger partial charge in [0.2, 0.25) is 0 Å². The molecule has 0 spiro atoms. The zero-order valence-corrected chi connectivity index (χ0v) is 14.6. The van der Waals surface area contributed by atoms with Crippen LogP contribution in [0.4, 0.5) is 0 Å². The van der Waals surface area contributed by atoms with E-state index in [1.165, 1.54) is 12.1 Å². The average Bonchev–Trinajstić information content (AvgIpc) is 2.52. The highest BCUT2D eigenvalue weighted by Crippen LogP contribution is 2.26. The van der Waals surface area contributed by atoms with E-state index in [4.69, 9.17) is 27.9 Å². The number of rotatable bonds is 5. The highest BCUT2D eigenvalue weighted by Gasteiger charge is 2.17. The smallest absolute Gasteiger partial charge is 0.342 e. The van der Waals surface area contributed by atoms with Crippen molar-refractivity contribution >= 4 is 35.1 Å². The van der Waals surface area contributed by atoms with E-state index >= 15 is 0 Å². The van der Waals surface area contributed by atoms with Crippen molar-refractivity contribution in [2.75, 3.05) is 6.61 Å². The lowest BCUT2D eigenvalue weighted by Crippen LogP contribution is -2.31. The van der Waals surface area contributed by atoms with Crippen LogP contribution in [0.3, 0.4) is 0 Å². The molecule has 2 rings (SSSR count). The molecule has 1 atom stereocenters. The van der Waals surface area contributed by atoms with Crippen LogP contribution in [0.5, 0.6) is 11.5 Å². The van der Waals surface area contributed by atoms with E-state index in [9.17, 15) is 19.8 Å². The van der Waals surface area contributed by atoms with Gasteiger partial charge >= 0.3 is 5.97 Å². The summed E-state index contributed by atoms with van der Waals surface area (Å²) in [4.78, 5) is 23.8. The van der Waals surface area contributed by atoms with Crippen LogP contribution in [0.2, 0.25) is 10.0 Å². The molecule has 2 aromatic carbocycles. The number of halogens is 2. The maximum Gasteiger partial charge on any atom is 0.342 e. The summed E-state index contributed by atoms with van der Waals surface area (Å²) in [6, 6.07) is 7.91. The van der Waals surface area contributed by atoms with Crippen LogP contribution < -0.4 is 5.32 Å². The zero-order valence-electron chi connectivity index (χ0n) is 13.1. The summed E-state index contributed by atoms with van der Waals surface area (Å²) >= 11 is 11.9. The zero-order chi connectivity index (χ0) is 18.6. The molecule has 0 saturated heterocycles. The topological polar surface area (TPSA) is 95.9 Å². The highest BCUT2D eigenvalue weighted by atomic mass is 35.5. The Hall–Kier alpha value is -2.44. The second-order valence-electron chi connectivity index (χ2n) is 5.23. The quantitative estimate of drug-likeness (QED) is 0.687. The summed E-state index contributed by atoms with van der Waals surface area (Å²) in [5, 5.41) is 22.3. The summed E-state index contributed by atoms with van der Waals surface area (Å²) in [7, 11) is 0. The Morgan fingerprint density at radius 1 is 1.16 bits per heavy atom. The lowest BCUT2D eigenvalue weighted by atomic mass is 10.1. The van der Waals surface area contributed by atoms with Crippen molar-refractivity contribution in [2.45, 2.75) is 13.0 Å². The van der Waals surface area contributed by atoms with Gasteiger partial charge in [0, 0.05) is 16.1 Å². The molecule has 25 heavy (non-hydrogen) atoms. The Morgan fingerprint density at radius 2 is 1.88 bits per heavy atom. The van der Waals surface area contributed by atoms with Crippen molar-refractivity contribution in [1.29, 1.82) is 0 Å². The first-order valence-electron chi connectivity index (χ1n) is 7.21. The highest BCUT2D eigenvalue weighted by molar-refractivity contribution is 6.35. The van der Waals surface area contributed by atoms with Crippen molar-refractivity contribution in [2.24, 2.45) is 0 Å². The Morgan fingerprint density at radius 3 is 2.52 bits per heavy atom. The van der Waals surface area contributed by atoms with Crippen LogP contribution in [0.15, 0.2) is 36.4 Å². The van der Waals surface area contributed by atoms with Crippen LogP contribution in [-0.4, -0.2) is 28.7 Å². The van der Waals surface area contributed by atoms with Gasteiger partial charge in [0.25, 0.3) is 5.91 Å². The maximum absolute atomic E-state index is 11.9. The van der Waals surface area contributed by atoms with Gasteiger partial charge < -0.3 is 20.3 Å². The third-order valence-corrected chi connectivity index (χ3v) is 3.90. The van der Waals surface area contributed by atoms with Gasteiger partial charge in [-0.25, -0.2) is 4.79 Å². The second-order valence-corrected chi connectivity index (χ2v) is 6.08. The third kappa shape index (κ3) is 5.01. The normalized spacial score (nSPS) is 11.6. The number of hydrogen-bond acceptors (Lipinski definition) is 5. The molecule has 6 nitrogen and oxygen atoms in total. The van der Waals surface area contributed by atoms with Gasteiger partial charge in [-0.05, 0) is 36.8 Å². The van der Waals surface area contributed by atoms with Crippen LogP contribution in [0, 0.1) is 0 Å². The number of esters is 1. The first-order chi connectivity index (χ1) is 11.8. The molecule has 0 heterocycles. The molecule has 0 radical (unpaired) electrons. The number of benzene rings is 2. The number of phenols is 2. The first kappa shape index (κ1) is 18.9. The van der Waals surface area contributed by atoms with Crippen LogP contribution in [0.25, 0.3) is 0 Å². The van der Waals surface area contributed by atoms with Gasteiger partial charge in [-0.3, -0.25) is 4.79 Å². The Bertz CT molecular complexity index is 810. The number of carbonyl (C=O) groups excluding carboxylic acids is 2. The Kier molecular flexibility index (Phi) is 6.12. The monoisotopic (exact) mass is 383 g/mol. The minimum Gasteiger partial charge on any atom is -0.508 e. The largest absolute Gasteiger partial charge is 0.508 e. The molecule has 0 saturated carbocycles. The van der Waals surface area contributed by atoms with E-state index in [-0.39, 0.29) is 11.3 Å². The average molecular weight is 384 g/mol. The van der Waals surface area contributed by atoms with Gasteiger partial charge in [-0.2, -0.15) is 0 Å². The predicted octanol–water partition coefficient (Wildman–Crippen LogP) is 3.44. The number of phenolic OH excluding ortho intramolecular Hbond substituents is 2. The fourth-order valence-corrected chi connectivity index (χ4v) is 2.69. The van der Waals surface area contributed by atoms with Crippen LogP contribution in [0.1, 0.15) is 28.9 Å². The number of amides is 1. The maximum atomic E-state index is 11.9. The molecule has 0 unspecified atom stereocenters. The minimum atomic E-state index is -0.884. The molecule has 3 N–H and O–H groups in total. The summed E-state index contributed by atoms with van der Waals surface area (Å²) in [6.45, 7) is 1.19. The summed E-state index contributed by atoms with van der Waals surface area (Å²) in [5.74, 6) is -2.05. The van der Waals surface area contributed by atoms with Crippen molar-refractivity contribution in [3.05, 3.63) is 57.6 Å². The van der Waals surface area contributed by atoms with Gasteiger partial charge in [-0.1, -0.05) is 29.3 Å². The SMILES string of the molecule is C[C@@H](NC(=O)COC(=O)c1ccc(O)cc1O)c1ccc(Cl)cc1Cl. The number of carbonyl (C=O) groups is 2. The fraction of sp³-hybridized carbons (Fsp3) is 0.176. The summed E-state index contributed by atoms with van der Waals surface area (Å²) < 4.78 is 4.85. The molecule has 1 amide bonds. The molecule has 0 aromatic heterocycles. The number of aromatic hydroxyl groups is 2. The molecule has 8 heteroatoms. The Balaban J connectivity index is 1.92. The van der Waals surface area contributed by atoms with Crippen molar-refractivity contribution in [3.63, 3.8) is 0 Å². The van der Waals surface area contributed by atoms with E-state index in [1.807, 2.05) is 0 Å². The summed E-state index contributed by atoms with van der Waals surface area (Å²) in [5.41, 5.74) is 0.515. The first-order valence-corrected chi connectivity index (χ1v) is 7.97. The predicted molar refractivity (Wildman–Crippen MR) is 93.1 cm³/mol. The molecule has 2 aromatic rings. The van der Waals surface area contributed by atoms with Crippen LogP contribution >= 0.6 is 23.2 Å². The van der Waals surface area contributed by atoms with E-state index < -0.39 is 30.3 Å². The molecule has 0 aliphatic heterocycles. The number of nitrogens with one attached hydrogen (secondary N) is 1. The standard InChI is InChI=1S/C17H15Cl2NO5/c1-9(12-4-2-10(18)6-14(12)19)20-16(23)8-25-17(24)13-5-3-11(21)7-15(13)22/h2-7,9,21-22H,8H2,1H3,(H,20,23)/t9-/m1/s1. The lowest BCUT2D eigenvalue weighted by molar-refractivity contribution is -0.124. The van der Waals surface area contributed by atoms with E-state index in [1.54, 1.807) is 25.1 Å². The Labute approximate surface area is 153 Å². The number of ether oxygens (including phenoxy) is 1. The van der Waals surface area contributed by atoms with E-state index in [0.717, 1.165) is 6.07 Å². The molecule has 0 bridgehead atoms. The minimum absolute atomic E-state index is 0.153. The number of hydrogen-bond donors (Lipinski definition) is 3.